The van der Waals surface area contributed by atoms with Crippen molar-refractivity contribution < 1.29 is 21.8 Å². The lowest BCUT2D eigenvalue weighted by Crippen LogP contribution is -2.42. The van der Waals surface area contributed by atoms with Gasteiger partial charge in [0, 0.05) is 22.7 Å². The standard InChI is InChI=1S/C19H15ClN4O6S2/c20-15-6-10-17(11-7-15)31(27,28)22-19(14-4-2-1-3-5-14)21-23-32(29,30)18-12-8-16(9-13-18)24(25)26/h1-13,23H,(H,21,22). The van der Waals surface area contributed by atoms with Crippen molar-refractivity contribution in [1.82, 2.24) is 10.3 Å². The molecule has 166 valence electrons. The van der Waals surface area contributed by atoms with Crippen molar-refractivity contribution in [2.75, 3.05) is 0 Å². The molecule has 0 spiro atoms. The van der Waals surface area contributed by atoms with Gasteiger partial charge in [-0.15, -0.1) is 9.23 Å². The number of nitro benzene ring substituents is 1. The summed E-state index contributed by atoms with van der Waals surface area (Å²) in [6, 6.07) is 17.5. The third-order valence-corrected chi connectivity index (χ3v) is 6.84. The van der Waals surface area contributed by atoms with Crippen LogP contribution in [0.2, 0.25) is 5.02 Å². The minimum absolute atomic E-state index is 0.143. The van der Waals surface area contributed by atoms with Crippen LogP contribution in [-0.4, -0.2) is 27.6 Å². The van der Waals surface area contributed by atoms with Gasteiger partial charge in [-0.2, -0.15) is 8.42 Å². The van der Waals surface area contributed by atoms with Crippen molar-refractivity contribution in [3.8, 4) is 0 Å². The Morgan fingerprint density at radius 1 is 0.844 bits per heavy atom. The van der Waals surface area contributed by atoms with Crippen LogP contribution in [0.3, 0.4) is 0 Å². The normalized spacial score (nSPS) is 12.3. The van der Waals surface area contributed by atoms with Crippen molar-refractivity contribution in [2.24, 2.45) is 4.40 Å². The first-order valence-electron chi connectivity index (χ1n) is 8.77. The van der Waals surface area contributed by atoms with Gasteiger partial charge in [-0.1, -0.05) is 41.9 Å². The van der Waals surface area contributed by atoms with Gasteiger partial charge >= 0.3 is 0 Å². The molecule has 0 aliphatic heterocycles. The molecular formula is C19H15ClN4O6S2. The van der Waals surface area contributed by atoms with Crippen molar-refractivity contribution in [3.05, 3.63) is 99.6 Å². The predicted octanol–water partition coefficient (Wildman–Crippen LogP) is 2.87. The molecule has 0 saturated carbocycles. The van der Waals surface area contributed by atoms with E-state index in [0.717, 1.165) is 24.3 Å². The van der Waals surface area contributed by atoms with Gasteiger partial charge < -0.3 is 0 Å². The van der Waals surface area contributed by atoms with Crippen LogP contribution in [0, 0.1) is 10.1 Å². The number of nitrogens with one attached hydrogen (secondary N) is 2. The lowest BCUT2D eigenvalue weighted by atomic mass is 10.2. The van der Waals surface area contributed by atoms with E-state index in [4.69, 9.17) is 11.6 Å². The first-order valence-corrected chi connectivity index (χ1v) is 12.1. The summed E-state index contributed by atoms with van der Waals surface area (Å²) >= 11 is 5.79. The van der Waals surface area contributed by atoms with E-state index in [1.54, 1.807) is 18.2 Å². The zero-order valence-corrected chi connectivity index (χ0v) is 18.4. The summed E-state index contributed by atoms with van der Waals surface area (Å²) in [5.74, 6) is -0.286. The molecule has 0 aliphatic rings. The summed E-state index contributed by atoms with van der Waals surface area (Å²) in [4.78, 5) is 11.7. The fraction of sp³-hybridized carbons (Fsp3) is 0. The number of benzene rings is 3. The fourth-order valence-corrected chi connectivity index (χ4v) is 4.39. The van der Waals surface area contributed by atoms with Gasteiger partial charge in [0.1, 0.15) is 0 Å². The molecule has 3 aromatic carbocycles. The van der Waals surface area contributed by atoms with E-state index in [9.17, 15) is 26.9 Å². The van der Waals surface area contributed by atoms with E-state index < -0.39 is 25.0 Å². The molecule has 2 N–H and O–H groups in total. The quantitative estimate of drug-likeness (QED) is 0.222. The summed E-state index contributed by atoms with van der Waals surface area (Å²) in [6.07, 6.45) is 0. The van der Waals surface area contributed by atoms with Crippen LogP contribution < -0.4 is 10.3 Å². The van der Waals surface area contributed by atoms with Crippen LogP contribution in [0.25, 0.3) is 0 Å². The van der Waals surface area contributed by atoms with E-state index in [-0.39, 0.29) is 26.9 Å². The Morgan fingerprint density at radius 2 is 1.41 bits per heavy atom. The Kier molecular flexibility index (Phi) is 6.89. The van der Waals surface area contributed by atoms with Crippen molar-refractivity contribution in [3.63, 3.8) is 0 Å². The van der Waals surface area contributed by atoms with Gasteiger partial charge in [-0.3, -0.25) is 15.5 Å². The van der Waals surface area contributed by atoms with Gasteiger partial charge in [0.2, 0.25) is 0 Å². The second kappa shape index (κ2) is 9.44. The highest BCUT2D eigenvalue weighted by atomic mass is 35.5. The fourth-order valence-electron chi connectivity index (χ4n) is 2.44. The average Bonchev–Trinajstić information content (AvgIpc) is 2.77. The molecule has 0 aliphatic carbocycles. The van der Waals surface area contributed by atoms with Crippen LogP contribution in [0.15, 0.2) is 93.1 Å². The van der Waals surface area contributed by atoms with E-state index >= 15 is 0 Å². The largest absolute Gasteiger partial charge is 0.291 e. The van der Waals surface area contributed by atoms with Gasteiger partial charge in [0.25, 0.3) is 25.7 Å². The number of nitrogens with zero attached hydrogens (tertiary/aromatic N) is 2. The molecule has 0 atom stereocenters. The summed E-state index contributed by atoms with van der Waals surface area (Å²) in [5.41, 5.74) is 2.33. The first kappa shape index (κ1) is 23.3. The highest BCUT2D eigenvalue weighted by Gasteiger charge is 2.19. The van der Waals surface area contributed by atoms with E-state index in [2.05, 4.69) is 9.82 Å². The zero-order valence-electron chi connectivity index (χ0n) is 16.0. The third kappa shape index (κ3) is 5.68. The topological polar surface area (TPSA) is 148 Å². The lowest BCUT2D eigenvalue weighted by Gasteiger charge is -2.12. The van der Waals surface area contributed by atoms with Crippen LogP contribution in [-0.2, 0) is 20.0 Å². The van der Waals surface area contributed by atoms with E-state index in [1.165, 1.54) is 36.4 Å². The minimum Gasteiger partial charge on any atom is -0.291 e. The Hall–Kier alpha value is -3.32. The third-order valence-electron chi connectivity index (χ3n) is 4.03. The smallest absolute Gasteiger partial charge is 0.284 e. The Labute approximate surface area is 188 Å². The number of hydrazine groups is 1. The number of nitro groups is 1. The highest BCUT2D eigenvalue weighted by Crippen LogP contribution is 2.18. The predicted molar refractivity (Wildman–Crippen MR) is 118 cm³/mol. The minimum atomic E-state index is -4.21. The van der Waals surface area contributed by atoms with Crippen molar-refractivity contribution >= 4 is 43.2 Å². The maximum atomic E-state index is 12.7. The van der Waals surface area contributed by atoms with Gasteiger partial charge in [0.05, 0.1) is 14.7 Å². The maximum Gasteiger partial charge on any atom is 0.284 e. The van der Waals surface area contributed by atoms with E-state index in [1.807, 2.05) is 4.83 Å². The number of sulfonamides is 2. The molecule has 0 radical (unpaired) electrons. The molecule has 0 unspecified atom stereocenters. The molecule has 13 heteroatoms. The molecule has 0 heterocycles. The van der Waals surface area contributed by atoms with Gasteiger partial charge in [-0.05, 0) is 36.4 Å². The first-order chi connectivity index (χ1) is 15.1. The molecular weight excluding hydrogens is 480 g/mol. The second-order valence-electron chi connectivity index (χ2n) is 6.22. The molecule has 0 aromatic heterocycles. The number of hydrogen-bond acceptors (Lipinski definition) is 6. The molecule has 0 bridgehead atoms. The van der Waals surface area contributed by atoms with Crippen LogP contribution in [0.4, 0.5) is 5.69 Å². The monoisotopic (exact) mass is 494 g/mol. The summed E-state index contributed by atoms with van der Waals surface area (Å²) in [5, 5.41) is 11.1. The number of halogens is 1. The molecule has 3 aromatic rings. The Morgan fingerprint density at radius 3 is 1.97 bits per heavy atom. The molecule has 0 saturated heterocycles. The van der Waals surface area contributed by atoms with Crippen LogP contribution >= 0.6 is 11.6 Å². The summed E-state index contributed by atoms with van der Waals surface area (Å²) in [6.45, 7) is 0. The Bertz CT molecular complexity index is 1360. The van der Waals surface area contributed by atoms with Crippen molar-refractivity contribution in [1.29, 1.82) is 0 Å². The molecule has 0 fully saturated rings. The number of rotatable bonds is 7. The zero-order chi connectivity index (χ0) is 23.4. The second-order valence-corrected chi connectivity index (χ2v) is 9.94. The summed E-state index contributed by atoms with van der Waals surface area (Å²) < 4.78 is 54.3. The van der Waals surface area contributed by atoms with Gasteiger partial charge in [-0.25, -0.2) is 8.42 Å². The van der Waals surface area contributed by atoms with Crippen LogP contribution in [0.1, 0.15) is 5.56 Å². The highest BCUT2D eigenvalue weighted by molar-refractivity contribution is 7.90. The average molecular weight is 495 g/mol. The Balaban J connectivity index is 1.93. The summed E-state index contributed by atoms with van der Waals surface area (Å²) in [7, 11) is -8.42. The molecule has 3 rings (SSSR count). The van der Waals surface area contributed by atoms with Gasteiger partial charge in [0.15, 0.2) is 5.84 Å². The molecule has 0 amide bonds. The lowest BCUT2D eigenvalue weighted by molar-refractivity contribution is -0.384. The number of non-ortho nitro benzene ring substituents is 1. The number of hydrogen-bond donors (Lipinski definition) is 2. The SMILES string of the molecule is O=[N+]([O-])c1ccc(S(=O)(=O)NNC(=NS(=O)(=O)c2ccc(Cl)cc2)c2ccccc2)cc1. The number of amidine groups is 1. The molecule has 10 nitrogen and oxygen atoms in total. The van der Waals surface area contributed by atoms with E-state index in [0.29, 0.717) is 5.02 Å². The van der Waals surface area contributed by atoms with Crippen LogP contribution in [0.5, 0.6) is 0 Å². The molecule has 32 heavy (non-hydrogen) atoms. The van der Waals surface area contributed by atoms with Crippen molar-refractivity contribution in [2.45, 2.75) is 9.79 Å². The maximum absolute atomic E-state index is 12.7.